The predicted octanol–water partition coefficient (Wildman–Crippen LogP) is -0.701. The number of fused-ring (bicyclic) bond motifs is 1. The fourth-order valence-corrected chi connectivity index (χ4v) is 5.33. The Kier molecular flexibility index (Phi) is 8.81. The standard InChI is InChI=1S/C26H42N8O4/c1-14(27-3)25(29-5,30-6)33-17-11-9-10-16-19(17)23(37)20-18(35)12-13-24(38,21(20)22(16)36)34-26(31-7,32-8)15(2)28-4/h9-12,14-15,27-35,38H,13H2,1-8H3. The molecule has 0 bridgehead atoms. The van der Waals surface area contributed by atoms with Gasteiger partial charge in [-0.05, 0) is 68.3 Å². The number of anilines is 1. The van der Waals surface area contributed by atoms with Crippen molar-refractivity contribution < 1.29 is 19.8 Å². The van der Waals surface area contributed by atoms with E-state index < -0.39 is 28.9 Å². The second kappa shape index (κ2) is 11.2. The zero-order valence-electron chi connectivity index (χ0n) is 23.4. The van der Waals surface area contributed by atoms with Gasteiger partial charge in [0, 0.05) is 23.7 Å². The first-order valence-corrected chi connectivity index (χ1v) is 12.7. The Hall–Kier alpha value is -2.68. The first-order chi connectivity index (χ1) is 17.9. The molecule has 0 saturated heterocycles. The fraction of sp³-hybridized carbons (Fsp3) is 0.538. The number of benzene rings is 1. The van der Waals surface area contributed by atoms with Gasteiger partial charge in [0.05, 0.1) is 22.8 Å². The number of ketones is 2. The topological polar surface area (TPSA) is 171 Å². The quantitative estimate of drug-likeness (QED) is 0.154. The van der Waals surface area contributed by atoms with Crippen LogP contribution in [0.3, 0.4) is 0 Å². The van der Waals surface area contributed by atoms with Gasteiger partial charge in [-0.2, -0.15) is 0 Å². The van der Waals surface area contributed by atoms with E-state index >= 15 is 0 Å². The number of carbonyl (C=O) groups excluding carboxylic acids is 2. The summed E-state index contributed by atoms with van der Waals surface area (Å²) in [5.74, 6) is -3.41. The molecule has 1 aromatic rings. The molecule has 3 unspecified atom stereocenters. The molecule has 3 atom stereocenters. The van der Waals surface area contributed by atoms with Crippen molar-refractivity contribution >= 4 is 17.3 Å². The monoisotopic (exact) mass is 530 g/mol. The molecule has 0 aliphatic heterocycles. The van der Waals surface area contributed by atoms with Gasteiger partial charge in [0.25, 0.3) is 0 Å². The van der Waals surface area contributed by atoms with Crippen molar-refractivity contribution in [1.82, 2.24) is 37.2 Å². The summed E-state index contributed by atoms with van der Waals surface area (Å²) in [5.41, 5.74) is -1.73. The van der Waals surface area contributed by atoms with Crippen LogP contribution in [0.4, 0.5) is 5.69 Å². The van der Waals surface area contributed by atoms with Crippen molar-refractivity contribution in [3.8, 4) is 0 Å². The first-order valence-electron chi connectivity index (χ1n) is 12.7. The average molecular weight is 531 g/mol. The third-order valence-corrected chi connectivity index (χ3v) is 7.98. The highest BCUT2D eigenvalue weighted by atomic mass is 16.3. The molecule has 0 radical (unpaired) electrons. The summed E-state index contributed by atoms with van der Waals surface area (Å²) in [7, 11) is 10.5. The van der Waals surface area contributed by atoms with E-state index in [4.69, 9.17) is 0 Å². The lowest BCUT2D eigenvalue weighted by atomic mass is 9.74. The van der Waals surface area contributed by atoms with E-state index in [1.807, 2.05) is 20.9 Å². The molecule has 0 spiro atoms. The molecule has 12 heteroatoms. The van der Waals surface area contributed by atoms with Gasteiger partial charge in [0.15, 0.2) is 23.1 Å². The van der Waals surface area contributed by atoms with Crippen molar-refractivity contribution in [2.75, 3.05) is 47.6 Å². The van der Waals surface area contributed by atoms with Gasteiger partial charge in [-0.3, -0.25) is 36.2 Å². The molecule has 0 amide bonds. The van der Waals surface area contributed by atoms with Crippen LogP contribution in [0, 0.1) is 0 Å². The Morgan fingerprint density at radius 1 is 0.868 bits per heavy atom. The highest BCUT2D eigenvalue weighted by molar-refractivity contribution is 6.31. The molecular formula is C26H42N8O4. The Morgan fingerprint density at radius 3 is 1.95 bits per heavy atom. The van der Waals surface area contributed by atoms with Crippen LogP contribution in [-0.2, 0) is 0 Å². The number of carbonyl (C=O) groups is 2. The van der Waals surface area contributed by atoms with Crippen LogP contribution in [0.5, 0.6) is 0 Å². The van der Waals surface area contributed by atoms with Gasteiger partial charge in [0.1, 0.15) is 11.5 Å². The minimum Gasteiger partial charge on any atom is -0.508 e. The number of Topliss-reactive ketones (excluding diaryl/α,β-unsaturated/α-hetero) is 2. The van der Waals surface area contributed by atoms with Crippen molar-refractivity contribution in [2.45, 2.75) is 49.7 Å². The van der Waals surface area contributed by atoms with E-state index in [9.17, 15) is 19.8 Å². The average Bonchev–Trinajstić information content (AvgIpc) is 2.93. The Bertz CT molecular complexity index is 1140. The Morgan fingerprint density at radius 2 is 1.42 bits per heavy atom. The smallest absolute Gasteiger partial charge is 0.200 e. The van der Waals surface area contributed by atoms with E-state index in [0.29, 0.717) is 5.69 Å². The zero-order chi connectivity index (χ0) is 28.5. The minimum atomic E-state index is -1.97. The largest absolute Gasteiger partial charge is 0.508 e. The van der Waals surface area contributed by atoms with Crippen LogP contribution < -0.4 is 42.5 Å². The van der Waals surface area contributed by atoms with E-state index in [1.54, 1.807) is 53.4 Å². The summed E-state index contributed by atoms with van der Waals surface area (Å²) in [6.07, 6.45) is 1.22. The number of hydrogen-bond donors (Lipinski definition) is 10. The number of allylic oxidation sites excluding steroid dienone is 1. The summed E-state index contributed by atoms with van der Waals surface area (Å²) in [4.78, 5) is 28.1. The molecule has 2 aliphatic carbocycles. The van der Waals surface area contributed by atoms with Crippen molar-refractivity contribution in [3.05, 3.63) is 52.3 Å². The summed E-state index contributed by atoms with van der Waals surface area (Å²) < 4.78 is 0. The highest BCUT2D eigenvalue weighted by Crippen LogP contribution is 2.42. The maximum atomic E-state index is 14.0. The van der Waals surface area contributed by atoms with Gasteiger partial charge in [-0.15, -0.1) is 0 Å². The predicted molar refractivity (Wildman–Crippen MR) is 148 cm³/mol. The lowest BCUT2D eigenvalue weighted by molar-refractivity contribution is -0.0197. The molecule has 0 aromatic heterocycles. The Labute approximate surface area is 224 Å². The number of likely N-dealkylation sites (N-methyl/N-ethyl adjacent to an activating group) is 6. The molecular weight excluding hydrogens is 488 g/mol. The second-order valence-electron chi connectivity index (χ2n) is 9.68. The van der Waals surface area contributed by atoms with Crippen molar-refractivity contribution in [2.24, 2.45) is 0 Å². The number of nitrogens with one attached hydrogen (secondary N) is 8. The van der Waals surface area contributed by atoms with Gasteiger partial charge >= 0.3 is 0 Å². The van der Waals surface area contributed by atoms with Crippen molar-refractivity contribution in [3.63, 3.8) is 0 Å². The van der Waals surface area contributed by atoms with E-state index in [2.05, 4.69) is 42.5 Å². The molecule has 210 valence electrons. The highest BCUT2D eigenvalue weighted by Gasteiger charge is 2.51. The van der Waals surface area contributed by atoms with Crippen LogP contribution in [0.25, 0.3) is 0 Å². The molecule has 2 aliphatic rings. The molecule has 3 rings (SSSR count). The van der Waals surface area contributed by atoms with Gasteiger partial charge in [-0.1, -0.05) is 12.1 Å². The summed E-state index contributed by atoms with van der Waals surface area (Å²) in [6.45, 7) is 3.84. The number of aliphatic hydroxyl groups is 2. The molecule has 12 nitrogen and oxygen atoms in total. The maximum absolute atomic E-state index is 14.0. The summed E-state index contributed by atoms with van der Waals surface area (Å²) >= 11 is 0. The van der Waals surface area contributed by atoms with Gasteiger partial charge in [-0.25, -0.2) is 0 Å². The Balaban J connectivity index is 2.18. The normalized spacial score (nSPS) is 21.6. The number of rotatable bonds is 12. The fourth-order valence-electron chi connectivity index (χ4n) is 5.33. The molecule has 10 N–H and O–H groups in total. The van der Waals surface area contributed by atoms with Crippen LogP contribution in [0.1, 0.15) is 41.0 Å². The van der Waals surface area contributed by atoms with Crippen LogP contribution in [0.2, 0.25) is 0 Å². The summed E-state index contributed by atoms with van der Waals surface area (Å²) in [5, 5.41) is 48.2. The van der Waals surface area contributed by atoms with Crippen LogP contribution in [0.15, 0.2) is 41.2 Å². The molecule has 38 heavy (non-hydrogen) atoms. The van der Waals surface area contributed by atoms with Gasteiger partial charge in [0.2, 0.25) is 0 Å². The van der Waals surface area contributed by atoms with Crippen LogP contribution >= 0.6 is 0 Å². The third-order valence-electron chi connectivity index (χ3n) is 7.98. The summed E-state index contributed by atoms with van der Waals surface area (Å²) in [6, 6.07) is 4.52. The van der Waals surface area contributed by atoms with E-state index in [0.717, 1.165) is 0 Å². The molecule has 0 heterocycles. The first kappa shape index (κ1) is 29.9. The zero-order valence-corrected chi connectivity index (χ0v) is 23.4. The molecule has 0 saturated carbocycles. The maximum Gasteiger partial charge on any atom is 0.200 e. The minimum absolute atomic E-state index is 0.121. The lowest BCUT2D eigenvalue weighted by Crippen LogP contribution is -2.78. The van der Waals surface area contributed by atoms with E-state index in [-0.39, 0.29) is 46.5 Å². The van der Waals surface area contributed by atoms with E-state index in [1.165, 1.54) is 6.08 Å². The number of hydrogen-bond acceptors (Lipinski definition) is 12. The SMILES string of the molecule is CNC(C)C(NC)(NC)Nc1cccc2c1C(=O)C1=C(C2=O)C(O)(NC(NC)(NC)C(C)NC)CC=C1O. The van der Waals surface area contributed by atoms with Crippen molar-refractivity contribution in [1.29, 1.82) is 0 Å². The third kappa shape index (κ3) is 4.67. The lowest BCUT2D eigenvalue weighted by Gasteiger charge is -2.47. The molecule has 1 aromatic carbocycles. The van der Waals surface area contributed by atoms with Gasteiger partial charge < -0.3 is 26.2 Å². The second-order valence-corrected chi connectivity index (χ2v) is 9.68. The molecule has 0 fully saturated rings. The number of aliphatic hydroxyl groups excluding tert-OH is 1. The van der Waals surface area contributed by atoms with Crippen LogP contribution in [-0.4, -0.2) is 93.4 Å².